The van der Waals surface area contributed by atoms with Gasteiger partial charge in [-0.1, -0.05) is 6.07 Å². The monoisotopic (exact) mass is 227 g/mol. The lowest BCUT2D eigenvalue weighted by Crippen LogP contribution is -2.01. The predicted molar refractivity (Wildman–Crippen MR) is 71.9 cm³/mol. The van der Waals surface area contributed by atoms with Crippen LogP contribution in [0.3, 0.4) is 0 Å². The highest BCUT2D eigenvalue weighted by atomic mass is 14.9. The van der Waals surface area contributed by atoms with E-state index in [0.717, 1.165) is 34.7 Å². The molecule has 0 bridgehead atoms. The average molecular weight is 227 g/mol. The largest absolute Gasteiger partial charge is 0.399 e. The quantitative estimate of drug-likeness (QED) is 0.793. The maximum atomic E-state index is 5.80. The third-order valence-electron chi connectivity index (χ3n) is 2.57. The molecule has 1 aromatic heterocycles. The Bertz CT molecular complexity index is 483. The normalized spacial score (nSPS) is 10.2. The number of nitrogens with one attached hydrogen (secondary N) is 1. The van der Waals surface area contributed by atoms with Gasteiger partial charge in [-0.15, -0.1) is 0 Å². The number of nitrogens with two attached hydrogens (primary N) is 1. The van der Waals surface area contributed by atoms with Crippen molar-refractivity contribution in [3.05, 3.63) is 53.3 Å². The smallest absolute Gasteiger partial charge is 0.0416 e. The Morgan fingerprint density at radius 2 is 2.00 bits per heavy atom. The van der Waals surface area contributed by atoms with Gasteiger partial charge in [0.15, 0.2) is 0 Å². The van der Waals surface area contributed by atoms with Crippen molar-refractivity contribution in [3.63, 3.8) is 0 Å². The van der Waals surface area contributed by atoms with Crippen molar-refractivity contribution in [2.75, 3.05) is 11.1 Å². The molecule has 0 atom stereocenters. The first-order valence-electron chi connectivity index (χ1n) is 5.66. The van der Waals surface area contributed by atoms with E-state index < -0.39 is 0 Å². The van der Waals surface area contributed by atoms with E-state index in [0.29, 0.717) is 0 Å². The molecule has 0 aliphatic heterocycles. The number of pyridine rings is 1. The number of nitrogens with zero attached hydrogens (tertiary/aromatic N) is 1. The van der Waals surface area contributed by atoms with Crippen molar-refractivity contribution < 1.29 is 0 Å². The fourth-order valence-corrected chi connectivity index (χ4v) is 1.72. The summed E-state index contributed by atoms with van der Waals surface area (Å²) in [7, 11) is 0. The van der Waals surface area contributed by atoms with Gasteiger partial charge in [0.1, 0.15) is 0 Å². The molecule has 0 spiro atoms. The Balaban J connectivity index is 2.04. The number of nitrogen functional groups attached to an aromatic ring is 1. The molecular formula is C14H17N3. The van der Waals surface area contributed by atoms with E-state index in [4.69, 9.17) is 5.73 Å². The minimum Gasteiger partial charge on any atom is -0.399 e. The molecule has 1 aromatic carbocycles. The number of hydrogen-bond donors (Lipinski definition) is 2. The Hall–Kier alpha value is -2.03. The molecule has 17 heavy (non-hydrogen) atoms. The molecule has 0 fully saturated rings. The van der Waals surface area contributed by atoms with Gasteiger partial charge in [0, 0.05) is 29.8 Å². The molecule has 3 nitrogen and oxygen atoms in total. The summed E-state index contributed by atoms with van der Waals surface area (Å²) in [5.41, 5.74) is 11.0. The third-order valence-corrected chi connectivity index (χ3v) is 2.57. The van der Waals surface area contributed by atoms with Gasteiger partial charge in [-0.05, 0) is 49.2 Å². The molecule has 0 saturated heterocycles. The molecule has 2 aromatic rings. The zero-order valence-electron chi connectivity index (χ0n) is 10.2. The van der Waals surface area contributed by atoms with Gasteiger partial charge in [-0.2, -0.15) is 0 Å². The number of benzene rings is 1. The minimum absolute atomic E-state index is 0.760. The van der Waals surface area contributed by atoms with Crippen LogP contribution in [-0.2, 0) is 6.54 Å². The van der Waals surface area contributed by atoms with Crippen LogP contribution in [0.1, 0.15) is 16.8 Å². The van der Waals surface area contributed by atoms with Gasteiger partial charge in [0.25, 0.3) is 0 Å². The van der Waals surface area contributed by atoms with Crippen LogP contribution in [-0.4, -0.2) is 4.98 Å². The lowest BCUT2D eigenvalue weighted by Gasteiger charge is -2.08. The molecule has 0 amide bonds. The van der Waals surface area contributed by atoms with E-state index in [1.54, 1.807) is 0 Å². The lowest BCUT2D eigenvalue weighted by molar-refractivity contribution is 1.08. The van der Waals surface area contributed by atoms with Crippen LogP contribution < -0.4 is 11.1 Å². The molecule has 0 aliphatic rings. The highest BCUT2D eigenvalue weighted by Gasteiger charge is 1.97. The van der Waals surface area contributed by atoms with E-state index in [-0.39, 0.29) is 0 Å². The van der Waals surface area contributed by atoms with Crippen LogP contribution in [0.2, 0.25) is 0 Å². The first kappa shape index (κ1) is 11.5. The molecule has 0 aliphatic carbocycles. The summed E-state index contributed by atoms with van der Waals surface area (Å²) in [5, 5.41) is 3.34. The molecule has 3 N–H and O–H groups in total. The molecule has 3 heteroatoms. The lowest BCUT2D eigenvalue weighted by atomic mass is 10.2. The van der Waals surface area contributed by atoms with Crippen LogP contribution >= 0.6 is 0 Å². The van der Waals surface area contributed by atoms with Gasteiger partial charge in [0.2, 0.25) is 0 Å². The zero-order valence-corrected chi connectivity index (χ0v) is 10.2. The summed E-state index contributed by atoms with van der Waals surface area (Å²) in [6, 6.07) is 10.1. The first-order chi connectivity index (χ1) is 8.13. The van der Waals surface area contributed by atoms with E-state index >= 15 is 0 Å². The van der Waals surface area contributed by atoms with Crippen molar-refractivity contribution >= 4 is 11.4 Å². The summed E-state index contributed by atoms with van der Waals surface area (Å²) in [4.78, 5) is 4.26. The van der Waals surface area contributed by atoms with E-state index in [9.17, 15) is 0 Å². The summed E-state index contributed by atoms with van der Waals surface area (Å²) in [6.45, 7) is 4.78. The molecule has 0 saturated carbocycles. The highest BCUT2D eigenvalue weighted by Crippen LogP contribution is 2.16. The average Bonchev–Trinajstić information content (AvgIpc) is 2.27. The Labute approximate surface area is 102 Å². The fourth-order valence-electron chi connectivity index (χ4n) is 1.72. The van der Waals surface area contributed by atoms with Crippen LogP contribution in [0.4, 0.5) is 11.4 Å². The number of hydrogen-bond acceptors (Lipinski definition) is 3. The summed E-state index contributed by atoms with van der Waals surface area (Å²) in [6.07, 6.45) is 1.89. The number of aryl methyl sites for hydroxylation is 2. The second-order valence-corrected chi connectivity index (χ2v) is 4.29. The fraction of sp³-hybridized carbons (Fsp3) is 0.214. The number of aromatic nitrogens is 1. The standard InChI is InChI=1S/C14H17N3/c1-10-5-13(15)7-14(6-10)17-9-12-4-3-11(2)16-8-12/h3-8,17H,9,15H2,1-2H3. The maximum absolute atomic E-state index is 5.80. The number of anilines is 2. The Morgan fingerprint density at radius 1 is 1.18 bits per heavy atom. The van der Waals surface area contributed by atoms with Crippen LogP contribution in [0.25, 0.3) is 0 Å². The van der Waals surface area contributed by atoms with E-state index in [2.05, 4.69) is 22.4 Å². The van der Waals surface area contributed by atoms with Crippen molar-refractivity contribution in [3.8, 4) is 0 Å². The topological polar surface area (TPSA) is 50.9 Å². The Kier molecular flexibility index (Phi) is 3.28. The highest BCUT2D eigenvalue weighted by molar-refractivity contribution is 5.56. The van der Waals surface area contributed by atoms with Crippen LogP contribution in [0.5, 0.6) is 0 Å². The van der Waals surface area contributed by atoms with Crippen molar-refractivity contribution in [1.82, 2.24) is 4.98 Å². The van der Waals surface area contributed by atoms with Crippen LogP contribution in [0, 0.1) is 13.8 Å². The van der Waals surface area contributed by atoms with Crippen molar-refractivity contribution in [2.24, 2.45) is 0 Å². The van der Waals surface area contributed by atoms with Gasteiger partial charge in [0.05, 0.1) is 0 Å². The van der Waals surface area contributed by atoms with E-state index in [1.807, 2.05) is 38.2 Å². The zero-order chi connectivity index (χ0) is 12.3. The third kappa shape index (κ3) is 3.21. The van der Waals surface area contributed by atoms with Crippen molar-refractivity contribution in [1.29, 1.82) is 0 Å². The predicted octanol–water partition coefficient (Wildman–Crippen LogP) is 2.89. The Morgan fingerprint density at radius 3 is 2.65 bits per heavy atom. The molecule has 2 rings (SSSR count). The first-order valence-corrected chi connectivity index (χ1v) is 5.66. The molecule has 88 valence electrons. The second kappa shape index (κ2) is 4.87. The summed E-state index contributed by atoms with van der Waals surface area (Å²) in [5.74, 6) is 0. The molecular weight excluding hydrogens is 210 g/mol. The van der Waals surface area contributed by atoms with Gasteiger partial charge < -0.3 is 11.1 Å². The molecule has 0 unspecified atom stereocenters. The number of rotatable bonds is 3. The second-order valence-electron chi connectivity index (χ2n) is 4.29. The minimum atomic E-state index is 0.760. The van der Waals surface area contributed by atoms with Gasteiger partial charge in [-0.3, -0.25) is 4.98 Å². The summed E-state index contributed by atoms with van der Waals surface area (Å²) >= 11 is 0. The van der Waals surface area contributed by atoms with E-state index in [1.165, 1.54) is 0 Å². The maximum Gasteiger partial charge on any atom is 0.0416 e. The van der Waals surface area contributed by atoms with Gasteiger partial charge >= 0.3 is 0 Å². The molecule has 1 heterocycles. The van der Waals surface area contributed by atoms with Crippen molar-refractivity contribution in [2.45, 2.75) is 20.4 Å². The SMILES string of the molecule is Cc1cc(N)cc(NCc2ccc(C)nc2)c1. The molecule has 0 radical (unpaired) electrons. The van der Waals surface area contributed by atoms with Crippen LogP contribution in [0.15, 0.2) is 36.5 Å². The summed E-state index contributed by atoms with van der Waals surface area (Å²) < 4.78 is 0. The van der Waals surface area contributed by atoms with Gasteiger partial charge in [-0.25, -0.2) is 0 Å².